The van der Waals surface area contributed by atoms with Gasteiger partial charge >= 0.3 is 0 Å². The van der Waals surface area contributed by atoms with Crippen LogP contribution in [0.25, 0.3) is 0 Å². The van der Waals surface area contributed by atoms with E-state index in [-0.39, 0.29) is 30.2 Å². The predicted octanol–water partition coefficient (Wildman–Crippen LogP) is 5.90. The molecule has 0 aromatic carbocycles. The second-order valence-electron chi connectivity index (χ2n) is 6.80. The first-order chi connectivity index (χ1) is 12.2. The van der Waals surface area contributed by atoms with Crippen LogP contribution in [-0.2, 0) is 0 Å². The zero-order valence-corrected chi connectivity index (χ0v) is 14.7. The van der Waals surface area contributed by atoms with Gasteiger partial charge in [0.2, 0.25) is 0 Å². The highest BCUT2D eigenvalue weighted by Crippen LogP contribution is 2.23. The SMILES string of the molecule is N=NC1CCC(N=N)CCC(N=N)CCC(N=N)CCC(N=N)CC1. The third kappa shape index (κ3) is 8.08. The van der Waals surface area contributed by atoms with Crippen molar-refractivity contribution in [2.75, 3.05) is 0 Å². The molecule has 0 amide bonds. The average Bonchev–Trinajstić information content (AvgIpc) is 2.65. The molecule has 1 fully saturated rings. The van der Waals surface area contributed by atoms with Gasteiger partial charge in [0.15, 0.2) is 0 Å². The van der Waals surface area contributed by atoms with Crippen LogP contribution in [-0.4, -0.2) is 30.2 Å². The smallest absolute Gasteiger partial charge is 0.0707 e. The molecule has 5 N–H and O–H groups in total. The summed E-state index contributed by atoms with van der Waals surface area (Å²) in [5, 5.41) is 18.4. The lowest BCUT2D eigenvalue weighted by molar-refractivity contribution is 0.410. The second kappa shape index (κ2) is 12.4. The summed E-state index contributed by atoms with van der Waals surface area (Å²) in [6.45, 7) is 0. The molecule has 0 atom stereocenters. The van der Waals surface area contributed by atoms with Crippen LogP contribution in [0.3, 0.4) is 0 Å². The summed E-state index contributed by atoms with van der Waals surface area (Å²) >= 11 is 0. The molecule has 0 unspecified atom stereocenters. The molecule has 0 heterocycles. The van der Waals surface area contributed by atoms with Crippen LogP contribution in [0.15, 0.2) is 25.6 Å². The Morgan fingerprint density at radius 2 is 0.440 bits per heavy atom. The van der Waals surface area contributed by atoms with Crippen LogP contribution in [0.4, 0.5) is 0 Å². The molecule has 10 heteroatoms. The Kier molecular flexibility index (Phi) is 10.4. The van der Waals surface area contributed by atoms with Crippen molar-refractivity contribution in [3.63, 3.8) is 0 Å². The van der Waals surface area contributed by atoms with Gasteiger partial charge in [-0.25, -0.2) is 27.7 Å². The fourth-order valence-corrected chi connectivity index (χ4v) is 3.29. The lowest BCUT2D eigenvalue weighted by atomic mass is 9.97. The zero-order valence-electron chi connectivity index (χ0n) is 14.7. The standard InChI is InChI=1S/C15H30N10/c16-21-11-1-2-12(22-17)5-6-14(24-19)9-10-15(25-20)8-7-13(23-18)4-3-11/h11-20H,1-10H2. The third-order valence-electron chi connectivity index (χ3n) is 5.08. The third-order valence-corrected chi connectivity index (χ3v) is 5.08. The van der Waals surface area contributed by atoms with Gasteiger partial charge in [-0.05, 0) is 64.2 Å². The van der Waals surface area contributed by atoms with Gasteiger partial charge in [0.25, 0.3) is 0 Å². The highest BCUT2D eigenvalue weighted by molar-refractivity contribution is 4.79. The summed E-state index contributed by atoms with van der Waals surface area (Å²) in [7, 11) is 0. The molecule has 0 spiro atoms. The van der Waals surface area contributed by atoms with Gasteiger partial charge in [-0.2, -0.15) is 25.6 Å². The fraction of sp³-hybridized carbons (Fsp3) is 1.00. The topological polar surface area (TPSA) is 181 Å². The molecule has 1 aliphatic carbocycles. The van der Waals surface area contributed by atoms with E-state index in [4.69, 9.17) is 27.7 Å². The predicted molar refractivity (Wildman–Crippen MR) is 90.8 cm³/mol. The summed E-state index contributed by atoms with van der Waals surface area (Å²) in [6, 6.07) is -0.593. The van der Waals surface area contributed by atoms with Crippen molar-refractivity contribution in [2.45, 2.75) is 94.4 Å². The van der Waals surface area contributed by atoms with Crippen LogP contribution < -0.4 is 0 Å². The Labute approximate surface area is 148 Å². The van der Waals surface area contributed by atoms with Gasteiger partial charge in [-0.15, -0.1) is 0 Å². The lowest BCUT2D eigenvalue weighted by Crippen LogP contribution is -2.14. The van der Waals surface area contributed by atoms with E-state index in [0.717, 1.165) is 0 Å². The first-order valence-electron chi connectivity index (χ1n) is 8.99. The Bertz CT molecular complexity index is 327. The van der Waals surface area contributed by atoms with E-state index >= 15 is 0 Å². The summed E-state index contributed by atoms with van der Waals surface area (Å²) in [5.74, 6) is 0. The maximum Gasteiger partial charge on any atom is 0.0707 e. The van der Waals surface area contributed by atoms with Crippen molar-refractivity contribution in [1.82, 2.24) is 0 Å². The van der Waals surface area contributed by atoms with E-state index in [1.54, 1.807) is 0 Å². The number of nitrogens with zero attached hydrogens (tertiary/aromatic N) is 5. The molecule has 1 aliphatic rings. The zero-order chi connectivity index (χ0) is 18.5. The van der Waals surface area contributed by atoms with Crippen molar-refractivity contribution in [2.24, 2.45) is 25.6 Å². The van der Waals surface area contributed by atoms with Crippen LogP contribution in [0.5, 0.6) is 0 Å². The minimum atomic E-state index is -0.119. The van der Waals surface area contributed by atoms with E-state index in [1.165, 1.54) is 0 Å². The molecule has 0 aliphatic heterocycles. The number of rotatable bonds is 5. The molecule has 25 heavy (non-hydrogen) atoms. The first kappa shape index (κ1) is 21.0. The first-order valence-corrected chi connectivity index (χ1v) is 8.99. The molecule has 1 saturated carbocycles. The minimum absolute atomic E-state index is 0.119. The van der Waals surface area contributed by atoms with Gasteiger partial charge in [-0.3, -0.25) is 0 Å². The van der Waals surface area contributed by atoms with Crippen molar-refractivity contribution >= 4 is 0 Å². The molecule has 0 saturated heterocycles. The maximum absolute atomic E-state index is 7.36. The normalized spacial score (nSPS) is 33.2. The maximum atomic E-state index is 7.36. The highest BCUT2D eigenvalue weighted by Gasteiger charge is 2.20. The van der Waals surface area contributed by atoms with E-state index in [9.17, 15) is 0 Å². The molecule has 140 valence electrons. The van der Waals surface area contributed by atoms with Gasteiger partial charge < -0.3 is 0 Å². The van der Waals surface area contributed by atoms with Crippen molar-refractivity contribution in [1.29, 1.82) is 27.7 Å². The van der Waals surface area contributed by atoms with Crippen molar-refractivity contribution < 1.29 is 0 Å². The summed E-state index contributed by atoms with van der Waals surface area (Å²) in [4.78, 5) is 0. The van der Waals surface area contributed by atoms with Crippen molar-refractivity contribution in [3.05, 3.63) is 0 Å². The monoisotopic (exact) mass is 350 g/mol. The van der Waals surface area contributed by atoms with Gasteiger partial charge in [0, 0.05) is 0 Å². The highest BCUT2D eigenvalue weighted by atomic mass is 15.0. The van der Waals surface area contributed by atoms with Gasteiger partial charge in [-0.1, -0.05) is 0 Å². The number of hydrogen-bond donors (Lipinski definition) is 5. The van der Waals surface area contributed by atoms with Gasteiger partial charge in [0.1, 0.15) is 0 Å². The second-order valence-corrected chi connectivity index (χ2v) is 6.80. The fourth-order valence-electron chi connectivity index (χ4n) is 3.29. The Morgan fingerprint density at radius 3 is 0.520 bits per heavy atom. The molecular weight excluding hydrogens is 320 g/mol. The molecule has 0 aromatic heterocycles. The van der Waals surface area contributed by atoms with Crippen molar-refractivity contribution in [3.8, 4) is 0 Å². The lowest BCUT2D eigenvalue weighted by Gasteiger charge is -2.16. The summed E-state index contributed by atoms with van der Waals surface area (Å²) in [5.41, 5.74) is 36.8. The van der Waals surface area contributed by atoms with Crippen LogP contribution in [0.2, 0.25) is 0 Å². The average molecular weight is 350 g/mol. The number of nitrogens with one attached hydrogen (secondary N) is 5. The van der Waals surface area contributed by atoms with E-state index in [0.29, 0.717) is 64.2 Å². The molecule has 0 radical (unpaired) electrons. The Hall–Kier alpha value is -2.00. The summed E-state index contributed by atoms with van der Waals surface area (Å²) in [6.07, 6.45) is 7.03. The van der Waals surface area contributed by atoms with E-state index < -0.39 is 0 Å². The van der Waals surface area contributed by atoms with Gasteiger partial charge in [0.05, 0.1) is 30.2 Å². The quantitative estimate of drug-likeness (QED) is 0.370. The Morgan fingerprint density at radius 1 is 0.320 bits per heavy atom. The molecule has 1 rings (SSSR count). The van der Waals surface area contributed by atoms with Crippen LogP contribution in [0, 0.1) is 27.7 Å². The van der Waals surface area contributed by atoms with E-state index in [2.05, 4.69) is 25.6 Å². The molecular formula is C15H30N10. The molecule has 0 bridgehead atoms. The largest absolute Gasteiger partial charge is 0.210 e. The minimum Gasteiger partial charge on any atom is -0.210 e. The Balaban J connectivity index is 2.79. The number of hydrogen-bond acceptors (Lipinski definition) is 10. The molecule has 0 aromatic rings. The van der Waals surface area contributed by atoms with Crippen LogP contribution >= 0.6 is 0 Å². The molecule has 10 nitrogen and oxygen atoms in total. The van der Waals surface area contributed by atoms with E-state index in [1.807, 2.05) is 0 Å². The van der Waals surface area contributed by atoms with Crippen LogP contribution in [0.1, 0.15) is 64.2 Å². The summed E-state index contributed by atoms with van der Waals surface area (Å²) < 4.78 is 0.